The second-order valence-corrected chi connectivity index (χ2v) is 5.79. The molecule has 8 nitrogen and oxygen atoms in total. The molecule has 0 heterocycles. The van der Waals surface area contributed by atoms with Gasteiger partial charge in [-0.25, -0.2) is 9.59 Å². The Kier molecular flexibility index (Phi) is 9.01. The minimum Gasteiger partial charge on any atom is -0.466 e. The summed E-state index contributed by atoms with van der Waals surface area (Å²) in [5.74, 6) is -2.35. The second kappa shape index (κ2) is 11.0. The Labute approximate surface area is 164 Å². The fourth-order valence-electron chi connectivity index (χ4n) is 2.35. The number of esters is 3. The summed E-state index contributed by atoms with van der Waals surface area (Å²) in [6.07, 6.45) is -0.482. The van der Waals surface area contributed by atoms with E-state index in [1.807, 2.05) is 0 Å². The Balaban J connectivity index is 3.45. The highest BCUT2D eigenvalue weighted by atomic mass is 16.5. The molecular formula is C20H26N2O6. The molecule has 1 unspecified atom stereocenters. The zero-order chi connectivity index (χ0) is 21.2. The lowest BCUT2D eigenvalue weighted by atomic mass is 9.90. The van der Waals surface area contributed by atoms with Crippen molar-refractivity contribution in [1.82, 2.24) is 0 Å². The third-order valence-corrected chi connectivity index (χ3v) is 3.71. The SMILES string of the molecule is CCOC(=O)CC(=NC(C)(C(=N)c1ccccc1)C(=O)OCC)C(=O)OCC. The molecule has 0 aliphatic heterocycles. The maximum Gasteiger partial charge on any atom is 0.352 e. The van der Waals surface area contributed by atoms with Crippen LogP contribution in [0, 0.1) is 5.41 Å². The Bertz CT molecular complexity index is 744. The number of nitrogens with one attached hydrogen (secondary N) is 1. The van der Waals surface area contributed by atoms with E-state index >= 15 is 0 Å². The number of ether oxygens (including phenoxy) is 3. The van der Waals surface area contributed by atoms with Crippen LogP contribution in [0.25, 0.3) is 0 Å². The van der Waals surface area contributed by atoms with Crippen molar-refractivity contribution in [1.29, 1.82) is 5.41 Å². The van der Waals surface area contributed by atoms with Gasteiger partial charge in [-0.15, -0.1) is 0 Å². The second-order valence-electron chi connectivity index (χ2n) is 5.79. The number of benzene rings is 1. The van der Waals surface area contributed by atoms with Gasteiger partial charge >= 0.3 is 17.9 Å². The lowest BCUT2D eigenvalue weighted by Crippen LogP contribution is -2.45. The zero-order valence-electron chi connectivity index (χ0n) is 16.6. The van der Waals surface area contributed by atoms with Crippen LogP contribution >= 0.6 is 0 Å². The van der Waals surface area contributed by atoms with Gasteiger partial charge in [0, 0.05) is 0 Å². The predicted octanol–water partition coefficient (Wildman–Crippen LogP) is 2.33. The van der Waals surface area contributed by atoms with Crippen LogP contribution in [0.5, 0.6) is 0 Å². The summed E-state index contributed by atoms with van der Waals surface area (Å²) in [6.45, 7) is 6.49. The van der Waals surface area contributed by atoms with Crippen LogP contribution in [0.4, 0.5) is 0 Å². The molecule has 28 heavy (non-hydrogen) atoms. The van der Waals surface area contributed by atoms with E-state index in [-0.39, 0.29) is 31.2 Å². The number of rotatable bonds is 10. The lowest BCUT2D eigenvalue weighted by Gasteiger charge is -2.25. The van der Waals surface area contributed by atoms with E-state index in [4.69, 9.17) is 19.6 Å². The highest BCUT2D eigenvalue weighted by Crippen LogP contribution is 2.21. The molecule has 0 amide bonds. The van der Waals surface area contributed by atoms with Crippen LogP contribution in [0.1, 0.15) is 39.7 Å². The number of hydrogen-bond acceptors (Lipinski definition) is 8. The predicted molar refractivity (Wildman–Crippen MR) is 104 cm³/mol. The summed E-state index contributed by atoms with van der Waals surface area (Å²) < 4.78 is 14.9. The summed E-state index contributed by atoms with van der Waals surface area (Å²) in [5.41, 5.74) is -1.89. The minimum absolute atomic E-state index is 0.0624. The van der Waals surface area contributed by atoms with Gasteiger partial charge in [0.1, 0.15) is 5.71 Å². The molecular weight excluding hydrogens is 364 g/mol. The van der Waals surface area contributed by atoms with Gasteiger partial charge in [-0.05, 0) is 33.3 Å². The fraction of sp³-hybridized carbons (Fsp3) is 0.450. The molecule has 0 bridgehead atoms. The lowest BCUT2D eigenvalue weighted by molar-refractivity contribution is -0.146. The topological polar surface area (TPSA) is 115 Å². The monoisotopic (exact) mass is 390 g/mol. The maximum absolute atomic E-state index is 12.7. The van der Waals surface area contributed by atoms with E-state index in [0.29, 0.717) is 5.56 Å². The van der Waals surface area contributed by atoms with Crippen molar-refractivity contribution in [3.8, 4) is 0 Å². The van der Waals surface area contributed by atoms with Crippen molar-refractivity contribution in [2.75, 3.05) is 19.8 Å². The Morgan fingerprint density at radius 3 is 2.07 bits per heavy atom. The van der Waals surface area contributed by atoms with Gasteiger partial charge in [0.25, 0.3) is 0 Å². The number of carbonyl (C=O) groups is 3. The van der Waals surface area contributed by atoms with Crippen LogP contribution in [0.15, 0.2) is 35.3 Å². The van der Waals surface area contributed by atoms with Crippen LogP contribution in [-0.4, -0.2) is 54.7 Å². The number of nitrogens with zero attached hydrogens (tertiary/aromatic N) is 1. The zero-order valence-corrected chi connectivity index (χ0v) is 16.6. The van der Waals surface area contributed by atoms with Crippen molar-refractivity contribution in [3.63, 3.8) is 0 Å². The third kappa shape index (κ3) is 6.00. The van der Waals surface area contributed by atoms with Gasteiger partial charge in [0.15, 0.2) is 5.54 Å². The van der Waals surface area contributed by atoms with Gasteiger partial charge in [-0.2, -0.15) is 0 Å². The number of carbonyl (C=O) groups excluding carboxylic acids is 3. The van der Waals surface area contributed by atoms with E-state index in [0.717, 1.165) is 0 Å². The van der Waals surface area contributed by atoms with Crippen LogP contribution in [0.3, 0.4) is 0 Å². The first-order valence-corrected chi connectivity index (χ1v) is 9.03. The van der Waals surface area contributed by atoms with Crippen LogP contribution in [-0.2, 0) is 28.6 Å². The van der Waals surface area contributed by atoms with Crippen molar-refractivity contribution in [2.24, 2.45) is 4.99 Å². The third-order valence-electron chi connectivity index (χ3n) is 3.71. The fourth-order valence-corrected chi connectivity index (χ4v) is 2.35. The van der Waals surface area contributed by atoms with Crippen molar-refractivity contribution in [2.45, 2.75) is 39.7 Å². The standard InChI is InChI=1S/C20H26N2O6/c1-5-26-16(23)13-15(18(24)27-6-2)22-20(4,19(25)28-7-3)17(21)14-11-9-8-10-12-14/h8-12,21H,5-7,13H2,1-4H3. The highest BCUT2D eigenvalue weighted by molar-refractivity contribution is 6.40. The molecule has 1 aromatic rings. The Hall–Kier alpha value is -3.03. The largest absolute Gasteiger partial charge is 0.466 e. The molecule has 152 valence electrons. The van der Waals surface area contributed by atoms with Crippen molar-refractivity contribution in [3.05, 3.63) is 35.9 Å². The molecule has 0 saturated carbocycles. The van der Waals surface area contributed by atoms with E-state index in [1.54, 1.807) is 51.1 Å². The first kappa shape index (κ1) is 23.0. The molecule has 0 aromatic heterocycles. The van der Waals surface area contributed by atoms with E-state index in [1.165, 1.54) is 6.92 Å². The Morgan fingerprint density at radius 1 is 0.964 bits per heavy atom. The van der Waals surface area contributed by atoms with Crippen molar-refractivity contribution >= 4 is 29.3 Å². The Morgan fingerprint density at radius 2 is 1.54 bits per heavy atom. The smallest absolute Gasteiger partial charge is 0.352 e. The van der Waals surface area contributed by atoms with Crippen LogP contribution in [0.2, 0.25) is 0 Å². The molecule has 0 radical (unpaired) electrons. The highest BCUT2D eigenvalue weighted by Gasteiger charge is 2.41. The summed E-state index contributed by atoms with van der Waals surface area (Å²) >= 11 is 0. The van der Waals surface area contributed by atoms with Gasteiger partial charge < -0.3 is 19.6 Å². The summed E-state index contributed by atoms with van der Waals surface area (Å²) in [4.78, 5) is 41.1. The summed E-state index contributed by atoms with van der Waals surface area (Å²) in [5, 5.41) is 8.52. The normalized spacial score (nSPS) is 13.2. The van der Waals surface area contributed by atoms with Crippen molar-refractivity contribution < 1.29 is 28.6 Å². The molecule has 0 saturated heterocycles. The summed E-state index contributed by atoms with van der Waals surface area (Å²) in [7, 11) is 0. The molecule has 0 aliphatic carbocycles. The first-order chi connectivity index (χ1) is 13.3. The van der Waals surface area contributed by atoms with E-state index < -0.39 is 29.9 Å². The van der Waals surface area contributed by atoms with E-state index in [9.17, 15) is 14.4 Å². The molecule has 0 fully saturated rings. The molecule has 0 spiro atoms. The molecule has 8 heteroatoms. The van der Waals surface area contributed by atoms with Gasteiger partial charge in [-0.1, -0.05) is 30.3 Å². The average Bonchev–Trinajstić information content (AvgIpc) is 2.68. The van der Waals surface area contributed by atoms with Gasteiger partial charge in [0.05, 0.1) is 32.0 Å². The number of aliphatic imine (C=N–C) groups is 1. The first-order valence-electron chi connectivity index (χ1n) is 9.03. The summed E-state index contributed by atoms with van der Waals surface area (Å²) in [6, 6.07) is 8.48. The van der Waals surface area contributed by atoms with Gasteiger partial charge in [0.2, 0.25) is 0 Å². The molecule has 1 atom stereocenters. The molecule has 1 rings (SSSR count). The minimum atomic E-state index is -1.84. The van der Waals surface area contributed by atoms with Crippen LogP contribution < -0.4 is 0 Å². The van der Waals surface area contributed by atoms with Gasteiger partial charge in [-0.3, -0.25) is 9.79 Å². The molecule has 1 aromatic carbocycles. The van der Waals surface area contributed by atoms with E-state index in [2.05, 4.69) is 4.99 Å². The average molecular weight is 390 g/mol. The molecule has 1 N–H and O–H groups in total. The number of hydrogen-bond donors (Lipinski definition) is 1. The quantitative estimate of drug-likeness (QED) is 0.372. The maximum atomic E-state index is 12.7. The molecule has 0 aliphatic rings.